The summed E-state index contributed by atoms with van der Waals surface area (Å²) >= 11 is 1.15. The minimum atomic E-state index is -0.532. The highest BCUT2D eigenvalue weighted by molar-refractivity contribution is 7.99. The normalized spacial score (nSPS) is 12.4. The van der Waals surface area contributed by atoms with E-state index in [9.17, 15) is 13.9 Å². The summed E-state index contributed by atoms with van der Waals surface area (Å²) in [4.78, 5) is 1.05. The van der Waals surface area contributed by atoms with Crippen molar-refractivity contribution < 1.29 is 13.9 Å². The average molecular weight is 266 g/mol. The lowest BCUT2D eigenvalue weighted by Crippen LogP contribution is -1.90. The van der Waals surface area contributed by atoms with Crippen LogP contribution in [0.2, 0.25) is 0 Å². The molecule has 0 saturated carbocycles. The molecule has 18 heavy (non-hydrogen) atoms. The lowest BCUT2D eigenvalue weighted by Gasteiger charge is -2.07. The van der Waals surface area contributed by atoms with E-state index < -0.39 is 17.7 Å². The lowest BCUT2D eigenvalue weighted by molar-refractivity contribution is 0.199. The average Bonchev–Trinajstić information content (AvgIpc) is 2.34. The third-order valence-electron chi connectivity index (χ3n) is 2.48. The molecule has 0 amide bonds. The van der Waals surface area contributed by atoms with E-state index in [1.807, 2.05) is 0 Å². The third-order valence-corrected chi connectivity index (χ3v) is 3.52. The van der Waals surface area contributed by atoms with Crippen LogP contribution < -0.4 is 0 Å². The molecule has 1 N–H and O–H groups in total. The van der Waals surface area contributed by atoms with Crippen molar-refractivity contribution >= 4 is 11.8 Å². The minimum absolute atomic E-state index is 0.250. The van der Waals surface area contributed by atoms with Crippen LogP contribution >= 0.6 is 11.8 Å². The molecule has 0 aliphatic rings. The molecule has 1 atom stereocenters. The van der Waals surface area contributed by atoms with Crippen LogP contribution in [0, 0.1) is 11.6 Å². The van der Waals surface area contributed by atoms with Crippen molar-refractivity contribution in [3.05, 3.63) is 59.7 Å². The lowest BCUT2D eigenvalue weighted by atomic mass is 10.1. The molecule has 0 saturated heterocycles. The number of aliphatic hydroxyl groups excluding tert-OH is 1. The molecule has 1 nitrogen and oxygen atoms in total. The number of halogens is 2. The first-order valence-corrected chi connectivity index (χ1v) is 6.29. The highest BCUT2D eigenvalue weighted by Crippen LogP contribution is 2.31. The Balaban J connectivity index is 2.21. The van der Waals surface area contributed by atoms with Crippen molar-refractivity contribution in [2.24, 2.45) is 0 Å². The van der Waals surface area contributed by atoms with Crippen LogP contribution in [0.25, 0.3) is 0 Å². The van der Waals surface area contributed by atoms with Gasteiger partial charge in [0.25, 0.3) is 0 Å². The summed E-state index contributed by atoms with van der Waals surface area (Å²) in [5, 5.41) is 9.37. The van der Waals surface area contributed by atoms with Crippen LogP contribution in [0.5, 0.6) is 0 Å². The van der Waals surface area contributed by atoms with Crippen LogP contribution in [-0.4, -0.2) is 5.11 Å². The minimum Gasteiger partial charge on any atom is -0.389 e. The van der Waals surface area contributed by atoms with Gasteiger partial charge in [0.2, 0.25) is 0 Å². The summed E-state index contributed by atoms with van der Waals surface area (Å²) < 4.78 is 26.4. The zero-order valence-corrected chi connectivity index (χ0v) is 10.5. The highest BCUT2D eigenvalue weighted by atomic mass is 32.2. The number of rotatable bonds is 3. The molecule has 0 aliphatic carbocycles. The van der Waals surface area contributed by atoms with Crippen molar-refractivity contribution in [2.75, 3.05) is 0 Å². The van der Waals surface area contributed by atoms with Crippen LogP contribution in [0.15, 0.2) is 52.3 Å². The van der Waals surface area contributed by atoms with E-state index in [0.717, 1.165) is 34.4 Å². The van der Waals surface area contributed by atoms with Gasteiger partial charge in [-0.2, -0.15) is 0 Å². The standard InChI is InChI=1S/C14H12F2OS/c1-9(17)10-2-5-12(6-3-10)18-14-8-11(15)4-7-13(14)16/h2-9,17H,1H3/t9-/m1/s1. The number of aliphatic hydroxyl groups is 1. The summed E-state index contributed by atoms with van der Waals surface area (Å²) in [5.74, 6) is -0.902. The third kappa shape index (κ3) is 3.09. The van der Waals surface area contributed by atoms with Crippen LogP contribution in [0.3, 0.4) is 0 Å². The van der Waals surface area contributed by atoms with Gasteiger partial charge in [-0.1, -0.05) is 23.9 Å². The number of hydrogen-bond donors (Lipinski definition) is 1. The van der Waals surface area contributed by atoms with Gasteiger partial charge in [0.15, 0.2) is 0 Å². The van der Waals surface area contributed by atoms with Gasteiger partial charge in [-0.05, 0) is 42.8 Å². The second-order valence-corrected chi connectivity index (χ2v) is 5.04. The van der Waals surface area contributed by atoms with E-state index in [1.165, 1.54) is 6.07 Å². The molecule has 0 unspecified atom stereocenters. The molecule has 0 bridgehead atoms. The fraction of sp³-hybridized carbons (Fsp3) is 0.143. The van der Waals surface area contributed by atoms with Crippen LogP contribution in [0.1, 0.15) is 18.6 Å². The molecule has 0 aliphatic heterocycles. The van der Waals surface area contributed by atoms with Crippen molar-refractivity contribution in [2.45, 2.75) is 22.8 Å². The second-order valence-electron chi connectivity index (χ2n) is 3.92. The fourth-order valence-electron chi connectivity index (χ4n) is 1.50. The van der Waals surface area contributed by atoms with Crippen molar-refractivity contribution in [1.29, 1.82) is 0 Å². The summed E-state index contributed by atoms with van der Waals surface area (Å²) in [6.45, 7) is 1.67. The Kier molecular flexibility index (Phi) is 3.99. The van der Waals surface area contributed by atoms with Gasteiger partial charge in [-0.25, -0.2) is 8.78 Å². The van der Waals surface area contributed by atoms with Crippen LogP contribution in [0.4, 0.5) is 8.78 Å². The van der Waals surface area contributed by atoms with Gasteiger partial charge in [0.05, 0.1) is 11.0 Å². The molecular weight excluding hydrogens is 254 g/mol. The van der Waals surface area contributed by atoms with Gasteiger partial charge >= 0.3 is 0 Å². The number of hydrogen-bond acceptors (Lipinski definition) is 2. The molecule has 2 aromatic carbocycles. The second kappa shape index (κ2) is 5.50. The molecule has 2 rings (SSSR count). The van der Waals surface area contributed by atoms with E-state index in [-0.39, 0.29) is 4.90 Å². The first-order valence-electron chi connectivity index (χ1n) is 5.47. The molecule has 2 aromatic rings. The van der Waals surface area contributed by atoms with E-state index in [4.69, 9.17) is 0 Å². The topological polar surface area (TPSA) is 20.2 Å². The predicted octanol–water partition coefficient (Wildman–Crippen LogP) is 4.17. The zero-order chi connectivity index (χ0) is 13.1. The first kappa shape index (κ1) is 13.1. The summed E-state index contributed by atoms with van der Waals surface area (Å²) in [6, 6.07) is 10.5. The van der Waals surface area contributed by atoms with Crippen LogP contribution in [-0.2, 0) is 0 Å². The van der Waals surface area contributed by atoms with E-state index in [0.29, 0.717) is 0 Å². The maximum absolute atomic E-state index is 13.4. The Morgan fingerprint density at radius 1 is 1.06 bits per heavy atom. The Hall–Kier alpha value is -1.39. The molecule has 0 heterocycles. The summed E-state index contributed by atoms with van der Waals surface area (Å²) in [6.07, 6.45) is -0.532. The molecule has 0 aromatic heterocycles. The molecule has 0 radical (unpaired) electrons. The molecule has 4 heteroatoms. The summed E-state index contributed by atoms with van der Waals surface area (Å²) in [7, 11) is 0. The maximum atomic E-state index is 13.4. The van der Waals surface area contributed by atoms with E-state index >= 15 is 0 Å². The molecular formula is C14H12F2OS. The Morgan fingerprint density at radius 2 is 1.72 bits per heavy atom. The van der Waals surface area contributed by atoms with Crippen molar-refractivity contribution in [3.63, 3.8) is 0 Å². The fourth-order valence-corrected chi connectivity index (χ4v) is 2.36. The van der Waals surface area contributed by atoms with Crippen molar-refractivity contribution in [3.8, 4) is 0 Å². The number of benzene rings is 2. The van der Waals surface area contributed by atoms with Gasteiger partial charge in [0, 0.05) is 4.90 Å². The molecule has 0 fully saturated rings. The smallest absolute Gasteiger partial charge is 0.137 e. The molecule has 0 spiro atoms. The molecule has 94 valence electrons. The zero-order valence-electron chi connectivity index (χ0n) is 9.73. The van der Waals surface area contributed by atoms with Crippen molar-refractivity contribution in [1.82, 2.24) is 0 Å². The van der Waals surface area contributed by atoms with Gasteiger partial charge in [0.1, 0.15) is 11.6 Å². The first-order chi connectivity index (χ1) is 8.56. The Morgan fingerprint density at radius 3 is 2.33 bits per heavy atom. The maximum Gasteiger partial charge on any atom is 0.137 e. The van der Waals surface area contributed by atoms with Gasteiger partial charge in [-0.15, -0.1) is 0 Å². The monoisotopic (exact) mass is 266 g/mol. The predicted molar refractivity (Wildman–Crippen MR) is 67.6 cm³/mol. The Labute approximate surface area is 108 Å². The van der Waals surface area contributed by atoms with Gasteiger partial charge < -0.3 is 5.11 Å². The van der Waals surface area contributed by atoms with Gasteiger partial charge in [-0.3, -0.25) is 0 Å². The quantitative estimate of drug-likeness (QED) is 0.899. The Bertz CT molecular complexity index is 538. The largest absolute Gasteiger partial charge is 0.389 e. The SMILES string of the molecule is C[C@@H](O)c1ccc(Sc2cc(F)ccc2F)cc1. The van der Waals surface area contributed by atoms with E-state index in [2.05, 4.69) is 0 Å². The highest BCUT2D eigenvalue weighted by Gasteiger charge is 2.06. The summed E-state index contributed by atoms with van der Waals surface area (Å²) in [5.41, 5.74) is 0.791. The van der Waals surface area contributed by atoms with E-state index in [1.54, 1.807) is 31.2 Å².